The van der Waals surface area contributed by atoms with Crippen molar-refractivity contribution in [2.45, 2.75) is 46.0 Å². The topological polar surface area (TPSA) is 169 Å². The lowest BCUT2D eigenvalue weighted by Crippen LogP contribution is -2.32. The van der Waals surface area contributed by atoms with Gasteiger partial charge in [0.25, 0.3) is 0 Å². The highest BCUT2D eigenvalue weighted by Crippen LogP contribution is 2.41. The predicted molar refractivity (Wildman–Crippen MR) is 129 cm³/mol. The maximum Gasteiger partial charge on any atom is 0.167 e. The average molecular weight is 477 g/mol. The summed E-state index contributed by atoms with van der Waals surface area (Å²) >= 11 is 0. The molecule has 0 saturated heterocycles. The van der Waals surface area contributed by atoms with Gasteiger partial charge in [-0.2, -0.15) is 0 Å². The van der Waals surface area contributed by atoms with Crippen molar-refractivity contribution >= 4 is 17.3 Å². The van der Waals surface area contributed by atoms with Crippen molar-refractivity contribution in [1.82, 2.24) is 9.97 Å². The van der Waals surface area contributed by atoms with Crippen molar-refractivity contribution in [3.05, 3.63) is 41.2 Å². The number of aryl methyl sites for hydroxylation is 1. The second-order valence-corrected chi connectivity index (χ2v) is 8.86. The molecule has 3 rings (SSSR count). The monoisotopic (exact) mass is 476 g/mol. The fourth-order valence-corrected chi connectivity index (χ4v) is 4.86. The summed E-state index contributed by atoms with van der Waals surface area (Å²) in [7, 11) is 0. The molecule has 0 saturated carbocycles. The van der Waals surface area contributed by atoms with E-state index in [-0.39, 0.29) is 69.1 Å². The number of Topliss-reactive ketones (excluding diaryl/α,β-unsaturated/α-hetero) is 3. The van der Waals surface area contributed by atoms with Gasteiger partial charge in [-0.1, -0.05) is 0 Å². The van der Waals surface area contributed by atoms with Crippen molar-refractivity contribution in [1.29, 1.82) is 0 Å². The first-order valence-electron chi connectivity index (χ1n) is 11.2. The lowest BCUT2D eigenvalue weighted by atomic mass is 9.72. The van der Waals surface area contributed by atoms with Crippen LogP contribution in [0.15, 0.2) is 24.5 Å². The van der Waals surface area contributed by atoms with Crippen molar-refractivity contribution in [3.63, 3.8) is 0 Å². The van der Waals surface area contributed by atoms with E-state index in [0.717, 1.165) is 0 Å². The van der Waals surface area contributed by atoms with Crippen LogP contribution in [0.1, 0.15) is 56.9 Å². The number of fused-ring (bicyclic) bond motifs is 1. The van der Waals surface area contributed by atoms with E-state index in [1.54, 1.807) is 31.5 Å². The van der Waals surface area contributed by atoms with Crippen LogP contribution in [0.5, 0.6) is 5.75 Å². The molecule has 1 aromatic heterocycles. The van der Waals surface area contributed by atoms with Crippen LogP contribution in [0.25, 0.3) is 11.4 Å². The summed E-state index contributed by atoms with van der Waals surface area (Å²) in [5.41, 5.74) is 2.21. The van der Waals surface area contributed by atoms with E-state index in [1.807, 2.05) is 0 Å². The minimum absolute atomic E-state index is 0. The lowest BCUT2D eigenvalue weighted by Gasteiger charge is -2.32. The average Bonchev–Trinajstić information content (AvgIpc) is 2.76. The Morgan fingerprint density at radius 3 is 2.47 bits per heavy atom. The molecule has 0 aliphatic heterocycles. The van der Waals surface area contributed by atoms with Gasteiger partial charge in [-0.3, -0.25) is 14.4 Å². The fourth-order valence-electron chi connectivity index (χ4n) is 4.86. The van der Waals surface area contributed by atoms with Crippen LogP contribution in [0.4, 0.5) is 0 Å². The molecule has 3 atom stereocenters. The third-order valence-electron chi connectivity index (χ3n) is 6.39. The number of carbonyl (C=O) groups excluding carboxylic acids is 3. The summed E-state index contributed by atoms with van der Waals surface area (Å²) in [5, 5.41) is 30.1. The highest BCUT2D eigenvalue weighted by atomic mass is 16.3. The summed E-state index contributed by atoms with van der Waals surface area (Å²) in [4.78, 5) is 45.7. The van der Waals surface area contributed by atoms with E-state index >= 15 is 0 Å². The number of ketones is 3. The zero-order valence-electron chi connectivity index (χ0n) is 19.5. The van der Waals surface area contributed by atoms with Gasteiger partial charge >= 0.3 is 0 Å². The predicted octanol–water partition coefficient (Wildman–Crippen LogP) is 2.12. The summed E-state index contributed by atoms with van der Waals surface area (Å²) in [5.74, 6) is -1.71. The molecule has 3 unspecified atom stereocenters. The number of rotatable bonds is 10. The van der Waals surface area contributed by atoms with Crippen LogP contribution in [0.2, 0.25) is 0 Å². The SMILES string of the molecule is CC(=O)CC(=O)C(CO)C(CCO)CC1CC(=O)c2c(O)c(C)cc(-c3ncccn3)c2C1.O.[HH].[HH]. The lowest BCUT2D eigenvalue weighted by molar-refractivity contribution is -0.131. The first-order valence-corrected chi connectivity index (χ1v) is 11.2. The standard InChI is InChI=1S/C25H30N2O6.H2O.2H2/c1-14-8-19(25-26-5-3-6-27-25)18-11-16(12-22(32)23(18)24(14)33)10-17(4-7-28)20(13-29)21(31)9-15(2)30;;;/h3,5-6,8,16-17,20,28-29,33H,4,7,9-13H2,1-2H3;1H2;2*1H. The van der Waals surface area contributed by atoms with Gasteiger partial charge < -0.3 is 20.8 Å². The number of hydrogen-bond donors (Lipinski definition) is 3. The largest absolute Gasteiger partial charge is 0.507 e. The minimum atomic E-state index is -0.777. The smallest absolute Gasteiger partial charge is 0.167 e. The molecule has 0 amide bonds. The molecule has 188 valence electrons. The number of aliphatic hydroxyl groups is 2. The molecule has 0 fully saturated rings. The third-order valence-corrected chi connectivity index (χ3v) is 6.39. The molecule has 9 heteroatoms. The van der Waals surface area contributed by atoms with Crippen LogP contribution < -0.4 is 0 Å². The van der Waals surface area contributed by atoms with Crippen molar-refractivity contribution < 1.29 is 38.0 Å². The molecule has 34 heavy (non-hydrogen) atoms. The number of carbonyl (C=O) groups is 3. The Morgan fingerprint density at radius 2 is 1.88 bits per heavy atom. The van der Waals surface area contributed by atoms with E-state index in [4.69, 9.17) is 0 Å². The van der Waals surface area contributed by atoms with Gasteiger partial charge in [0, 0.05) is 39.8 Å². The van der Waals surface area contributed by atoms with Gasteiger partial charge in [-0.05, 0) is 68.2 Å². The van der Waals surface area contributed by atoms with Crippen LogP contribution in [0.3, 0.4) is 0 Å². The quantitative estimate of drug-likeness (QED) is 0.438. The molecule has 2 aromatic rings. The summed E-state index contributed by atoms with van der Waals surface area (Å²) < 4.78 is 0. The van der Waals surface area contributed by atoms with Crippen LogP contribution in [0, 0.1) is 24.7 Å². The molecule has 5 N–H and O–H groups in total. The van der Waals surface area contributed by atoms with Gasteiger partial charge in [-0.15, -0.1) is 0 Å². The minimum Gasteiger partial charge on any atom is -0.507 e. The molecule has 1 aliphatic carbocycles. The first kappa shape index (κ1) is 27.2. The van der Waals surface area contributed by atoms with Crippen LogP contribution >= 0.6 is 0 Å². The summed E-state index contributed by atoms with van der Waals surface area (Å²) in [6.45, 7) is 2.46. The Bertz CT molecular complexity index is 1050. The van der Waals surface area contributed by atoms with Gasteiger partial charge in [-0.25, -0.2) is 9.97 Å². The Balaban J connectivity index is 0.00000408. The molecule has 1 aliphatic rings. The number of phenols is 1. The Morgan fingerprint density at radius 1 is 1.21 bits per heavy atom. The molecular weight excluding hydrogens is 440 g/mol. The molecule has 0 bridgehead atoms. The van der Waals surface area contributed by atoms with Crippen molar-refractivity contribution in [2.24, 2.45) is 17.8 Å². The van der Waals surface area contributed by atoms with Crippen molar-refractivity contribution in [2.75, 3.05) is 13.2 Å². The number of benzene rings is 1. The molecule has 1 aromatic carbocycles. The Labute approximate surface area is 201 Å². The fraction of sp³-hybridized carbons (Fsp3) is 0.480. The Hall–Kier alpha value is -3.01. The van der Waals surface area contributed by atoms with Crippen molar-refractivity contribution in [3.8, 4) is 17.1 Å². The zero-order chi connectivity index (χ0) is 24.1. The van der Waals surface area contributed by atoms with Gasteiger partial charge in [0.1, 0.15) is 17.3 Å². The molecule has 0 spiro atoms. The first-order chi connectivity index (χ1) is 15.8. The molecule has 1 heterocycles. The van der Waals surface area contributed by atoms with Gasteiger partial charge in [0.2, 0.25) is 0 Å². The van der Waals surface area contributed by atoms with E-state index in [1.165, 1.54) is 6.92 Å². The van der Waals surface area contributed by atoms with Gasteiger partial charge in [0.15, 0.2) is 11.6 Å². The van der Waals surface area contributed by atoms with E-state index in [0.29, 0.717) is 40.9 Å². The van der Waals surface area contributed by atoms with E-state index in [2.05, 4.69) is 9.97 Å². The third kappa shape index (κ3) is 5.91. The summed E-state index contributed by atoms with van der Waals surface area (Å²) in [6.07, 6.45) is 4.31. The number of aromatic hydroxyl groups is 1. The molecular formula is C25H36N2O7. The zero-order valence-corrected chi connectivity index (χ0v) is 19.5. The number of aliphatic hydroxyl groups excluding tert-OH is 2. The van der Waals surface area contributed by atoms with Gasteiger partial charge in [0.05, 0.1) is 18.6 Å². The second-order valence-electron chi connectivity index (χ2n) is 8.86. The highest BCUT2D eigenvalue weighted by Gasteiger charge is 2.35. The normalized spacial score (nSPS) is 16.8. The second kappa shape index (κ2) is 11.9. The molecule has 0 radical (unpaired) electrons. The van der Waals surface area contributed by atoms with Crippen LogP contribution in [-0.4, -0.2) is 61.3 Å². The maximum atomic E-state index is 13.1. The number of aromatic nitrogens is 2. The van der Waals surface area contributed by atoms with Crippen LogP contribution in [-0.2, 0) is 16.0 Å². The summed E-state index contributed by atoms with van der Waals surface area (Å²) in [6, 6.07) is 3.47. The van der Waals surface area contributed by atoms with E-state index in [9.17, 15) is 29.7 Å². The van der Waals surface area contributed by atoms with E-state index < -0.39 is 12.5 Å². The molecule has 9 nitrogen and oxygen atoms in total. The Kier molecular flexibility index (Phi) is 9.55. The number of nitrogens with zero attached hydrogens (tertiary/aromatic N) is 2. The number of hydrogen-bond acceptors (Lipinski definition) is 8. The highest BCUT2D eigenvalue weighted by molar-refractivity contribution is 6.03. The number of phenolic OH excluding ortho intramolecular Hbond substituents is 1. The maximum absolute atomic E-state index is 13.1.